The van der Waals surface area contributed by atoms with Crippen molar-refractivity contribution in [2.75, 3.05) is 0 Å². The number of carbonyl (C=O) groups excluding carboxylic acids is 6. The van der Waals surface area contributed by atoms with Crippen LogP contribution in [0, 0.1) is 0 Å². The maximum Gasteiger partial charge on any atom is 3.00 e. The molecule has 0 bridgehead atoms. The summed E-state index contributed by atoms with van der Waals surface area (Å²) in [5.74, 6) is -2.25. The smallest absolute Gasteiger partial charge is 0.369 e. The Labute approximate surface area is 138 Å². The standard InChI is InChI=1S/3C4H7NO2.Fe/c3*1-3(6)2-4(5)7;/h3*2H2,1H3,(H2,5,7);/q;;;+3. The Hall–Kier alpha value is -2.06. The largest absolute Gasteiger partial charge is 3.00 e. The summed E-state index contributed by atoms with van der Waals surface area (Å²) in [4.78, 5) is 59.3. The second-order valence-electron chi connectivity index (χ2n) is 4.04. The second kappa shape index (κ2) is 17.0. The van der Waals surface area contributed by atoms with Gasteiger partial charge in [-0.15, -0.1) is 0 Å². The molecule has 0 unspecified atom stereocenters. The van der Waals surface area contributed by atoms with Crippen LogP contribution in [-0.2, 0) is 45.8 Å². The zero-order valence-corrected chi connectivity index (χ0v) is 13.8. The van der Waals surface area contributed by atoms with Gasteiger partial charge in [-0.3, -0.25) is 28.8 Å². The van der Waals surface area contributed by atoms with E-state index in [1.54, 1.807) is 0 Å². The number of hydrogen-bond acceptors (Lipinski definition) is 6. The Kier molecular flexibility index (Phi) is 21.7. The van der Waals surface area contributed by atoms with Gasteiger partial charge in [-0.1, -0.05) is 0 Å². The number of ketones is 3. The topological polar surface area (TPSA) is 180 Å². The molecule has 0 aliphatic carbocycles. The van der Waals surface area contributed by atoms with E-state index in [1.165, 1.54) is 20.8 Å². The molecule has 0 rings (SSSR count). The van der Waals surface area contributed by atoms with E-state index >= 15 is 0 Å². The van der Waals surface area contributed by atoms with Gasteiger partial charge in [0.05, 0.1) is 19.3 Å². The van der Waals surface area contributed by atoms with E-state index in [4.69, 9.17) is 0 Å². The van der Waals surface area contributed by atoms with E-state index in [1.807, 2.05) is 0 Å². The van der Waals surface area contributed by atoms with Crippen molar-refractivity contribution in [3.63, 3.8) is 0 Å². The maximum atomic E-state index is 9.95. The number of hydrogen-bond donors (Lipinski definition) is 3. The Morgan fingerprint density at radius 1 is 0.545 bits per heavy atom. The van der Waals surface area contributed by atoms with Gasteiger partial charge in [0.15, 0.2) is 0 Å². The summed E-state index contributed by atoms with van der Waals surface area (Å²) in [5, 5.41) is 0. The Bertz CT molecular complexity index is 325. The van der Waals surface area contributed by atoms with Gasteiger partial charge in [-0.25, -0.2) is 0 Å². The monoisotopic (exact) mass is 359 g/mol. The minimum atomic E-state index is -0.562. The number of Topliss-reactive ketones (excluding diaryl/α,β-unsaturated/α-hetero) is 3. The Balaban J connectivity index is -0.000000108. The van der Waals surface area contributed by atoms with Gasteiger partial charge in [0.25, 0.3) is 0 Å². The van der Waals surface area contributed by atoms with E-state index in [-0.39, 0.29) is 53.7 Å². The fourth-order valence-electron chi connectivity index (χ4n) is 0.736. The van der Waals surface area contributed by atoms with E-state index in [2.05, 4.69) is 17.2 Å². The average molecular weight is 359 g/mol. The van der Waals surface area contributed by atoms with Crippen molar-refractivity contribution >= 4 is 35.1 Å². The van der Waals surface area contributed by atoms with Crippen molar-refractivity contribution in [2.24, 2.45) is 17.2 Å². The minimum absolute atomic E-state index is 0. The number of rotatable bonds is 6. The molecule has 0 aliphatic heterocycles. The van der Waals surface area contributed by atoms with Crippen LogP contribution in [0.5, 0.6) is 0 Å². The number of primary amides is 3. The molecule has 0 aliphatic rings. The van der Waals surface area contributed by atoms with Crippen molar-refractivity contribution in [1.82, 2.24) is 0 Å². The third-order valence-corrected chi connectivity index (χ3v) is 1.27. The van der Waals surface area contributed by atoms with Crippen LogP contribution in [0.25, 0.3) is 0 Å². The van der Waals surface area contributed by atoms with Crippen molar-refractivity contribution in [3.8, 4) is 0 Å². The van der Waals surface area contributed by atoms with Gasteiger partial charge in [0, 0.05) is 0 Å². The van der Waals surface area contributed by atoms with Gasteiger partial charge >= 0.3 is 17.1 Å². The van der Waals surface area contributed by atoms with Crippen LogP contribution in [-0.4, -0.2) is 35.1 Å². The quantitative estimate of drug-likeness (QED) is 0.377. The first-order valence-corrected chi connectivity index (χ1v) is 5.71. The third kappa shape index (κ3) is 52.1. The summed E-state index contributed by atoms with van der Waals surface area (Å²) in [6.45, 7) is 3.97. The number of carbonyl (C=O) groups is 6. The summed E-state index contributed by atoms with van der Waals surface area (Å²) < 4.78 is 0. The molecule has 22 heavy (non-hydrogen) atoms. The molecule has 6 N–H and O–H groups in total. The van der Waals surface area contributed by atoms with Gasteiger partial charge in [-0.2, -0.15) is 0 Å². The molecule has 0 fully saturated rings. The predicted molar refractivity (Wildman–Crippen MR) is 73.5 cm³/mol. The van der Waals surface area contributed by atoms with Crippen LogP contribution in [0.1, 0.15) is 40.0 Å². The van der Waals surface area contributed by atoms with Gasteiger partial charge < -0.3 is 17.2 Å². The zero-order chi connectivity index (χ0) is 17.6. The molecule has 0 saturated heterocycles. The van der Waals surface area contributed by atoms with E-state index in [0.717, 1.165) is 0 Å². The summed E-state index contributed by atoms with van der Waals surface area (Å²) in [6, 6.07) is 0. The first kappa shape index (κ1) is 28.2. The first-order chi connectivity index (χ1) is 9.38. The SMILES string of the molecule is CC(=O)CC(N)=O.CC(=O)CC(N)=O.CC(=O)CC(N)=O.[Fe+3]. The molecule has 0 heterocycles. The molecule has 0 saturated carbocycles. The fraction of sp³-hybridized carbons (Fsp3) is 0.500. The van der Waals surface area contributed by atoms with E-state index in [0.29, 0.717) is 0 Å². The van der Waals surface area contributed by atoms with Crippen molar-refractivity contribution in [3.05, 3.63) is 0 Å². The number of amides is 3. The van der Waals surface area contributed by atoms with Crippen LogP contribution >= 0.6 is 0 Å². The summed E-state index contributed by atoms with van der Waals surface area (Å²) in [7, 11) is 0. The molecule has 0 aromatic carbocycles. The third-order valence-electron chi connectivity index (χ3n) is 1.27. The molecule has 0 aromatic rings. The molecule has 3 amide bonds. The molecule has 125 valence electrons. The molecule has 1 radical (unpaired) electrons. The summed E-state index contributed by atoms with van der Waals surface area (Å²) in [6.07, 6.45) is -0.417. The van der Waals surface area contributed by atoms with Gasteiger partial charge in [-0.05, 0) is 20.8 Å². The average Bonchev–Trinajstić information content (AvgIpc) is 2.10. The van der Waals surface area contributed by atoms with E-state index < -0.39 is 17.7 Å². The molecule has 0 aromatic heterocycles. The van der Waals surface area contributed by atoms with E-state index in [9.17, 15) is 28.8 Å². The van der Waals surface area contributed by atoms with Crippen LogP contribution in [0.15, 0.2) is 0 Å². The van der Waals surface area contributed by atoms with Gasteiger partial charge in [0.2, 0.25) is 17.7 Å². The van der Waals surface area contributed by atoms with Crippen molar-refractivity contribution in [2.45, 2.75) is 40.0 Å². The fourth-order valence-corrected chi connectivity index (χ4v) is 0.736. The number of nitrogens with two attached hydrogens (primary N) is 3. The Morgan fingerprint density at radius 2 is 0.682 bits per heavy atom. The van der Waals surface area contributed by atoms with Crippen LogP contribution < -0.4 is 17.2 Å². The predicted octanol–water partition coefficient (Wildman–Crippen LogP) is -1.65. The summed E-state index contributed by atoms with van der Waals surface area (Å²) in [5.41, 5.74) is 13.9. The molecule has 9 nitrogen and oxygen atoms in total. The molecular formula is C12H21FeN3O6+3. The minimum Gasteiger partial charge on any atom is -0.369 e. The molecule has 0 spiro atoms. The molecule has 0 atom stereocenters. The van der Waals surface area contributed by atoms with Crippen LogP contribution in [0.4, 0.5) is 0 Å². The normalized spacial score (nSPS) is 7.77. The van der Waals surface area contributed by atoms with Gasteiger partial charge in [0.1, 0.15) is 17.3 Å². The second-order valence-corrected chi connectivity index (χ2v) is 4.04. The maximum absolute atomic E-state index is 9.95. The van der Waals surface area contributed by atoms with Crippen molar-refractivity contribution in [1.29, 1.82) is 0 Å². The zero-order valence-electron chi connectivity index (χ0n) is 12.7. The van der Waals surface area contributed by atoms with Crippen LogP contribution in [0.2, 0.25) is 0 Å². The van der Waals surface area contributed by atoms with Crippen LogP contribution in [0.3, 0.4) is 0 Å². The molecular weight excluding hydrogens is 338 g/mol. The summed E-state index contributed by atoms with van der Waals surface area (Å²) >= 11 is 0. The van der Waals surface area contributed by atoms with Crippen molar-refractivity contribution < 1.29 is 45.8 Å². The molecule has 10 heteroatoms. The Morgan fingerprint density at radius 3 is 0.682 bits per heavy atom. The first-order valence-electron chi connectivity index (χ1n) is 5.71.